The fraction of sp³-hybridized carbons (Fsp3) is 0.591. The lowest BCUT2D eigenvalue weighted by molar-refractivity contribution is -0.166. The number of benzene rings is 1. The van der Waals surface area contributed by atoms with Gasteiger partial charge in [-0.05, 0) is 47.1 Å². The molecule has 2 rings (SSSR count). The van der Waals surface area contributed by atoms with E-state index in [1.807, 2.05) is 51.1 Å². The van der Waals surface area contributed by atoms with Crippen LogP contribution < -0.4 is 10.6 Å². The number of amides is 2. The average Bonchev–Trinajstić information content (AvgIpc) is 2.64. The molecule has 0 aliphatic carbocycles. The number of rotatable bonds is 4. The van der Waals surface area contributed by atoms with Crippen molar-refractivity contribution in [1.82, 2.24) is 15.5 Å². The van der Waals surface area contributed by atoms with Gasteiger partial charge in [-0.3, -0.25) is 9.69 Å². The normalized spacial score (nSPS) is 19.7. The molecule has 1 saturated heterocycles. The van der Waals surface area contributed by atoms with Crippen LogP contribution in [0.4, 0.5) is 4.79 Å². The zero-order chi connectivity index (χ0) is 22.6. The molecule has 1 aromatic carbocycles. The van der Waals surface area contributed by atoms with Crippen LogP contribution in [0.2, 0.25) is 0 Å². The number of carbonyl (C=O) groups excluding carboxylic acids is 3. The first-order chi connectivity index (χ1) is 13.8. The molecule has 166 valence electrons. The molecule has 1 aromatic rings. The minimum absolute atomic E-state index is 0.00756. The lowest BCUT2D eigenvalue weighted by atomic mass is 9.92. The highest BCUT2D eigenvalue weighted by atomic mass is 16.6. The Morgan fingerprint density at radius 2 is 1.73 bits per heavy atom. The predicted octanol–water partition coefficient (Wildman–Crippen LogP) is 2.22. The van der Waals surface area contributed by atoms with Gasteiger partial charge in [-0.25, -0.2) is 9.59 Å². The maximum absolute atomic E-state index is 13.4. The van der Waals surface area contributed by atoms with Crippen molar-refractivity contribution in [3.63, 3.8) is 0 Å². The maximum Gasteiger partial charge on any atom is 0.411 e. The van der Waals surface area contributed by atoms with Gasteiger partial charge in [-0.15, -0.1) is 0 Å². The number of esters is 1. The number of nitrogens with one attached hydrogen (secondary N) is 2. The third-order valence-corrected chi connectivity index (χ3v) is 4.38. The standard InChI is InChI=1S/C22H33N3O5/c1-20(2,3)24-17(26)22(18(27)29-14-16-10-8-7-9-11-16)15-23-12-13-25(22)19(28)30-21(4,5)6/h7-11,23H,12-15H2,1-6H3,(H,24,26)/t22-/m0/s1. The Bertz CT molecular complexity index is 767. The van der Waals surface area contributed by atoms with E-state index in [-0.39, 0.29) is 19.7 Å². The second-order valence-corrected chi connectivity index (χ2v) is 9.43. The number of hydrogen-bond donors (Lipinski definition) is 2. The summed E-state index contributed by atoms with van der Waals surface area (Å²) in [5, 5.41) is 5.89. The molecule has 1 atom stereocenters. The summed E-state index contributed by atoms with van der Waals surface area (Å²) in [6.45, 7) is 11.1. The van der Waals surface area contributed by atoms with Gasteiger partial charge in [0.05, 0.1) is 0 Å². The van der Waals surface area contributed by atoms with E-state index in [1.54, 1.807) is 20.8 Å². The Balaban J connectivity index is 2.38. The number of piperazine rings is 1. The van der Waals surface area contributed by atoms with E-state index in [0.717, 1.165) is 5.56 Å². The van der Waals surface area contributed by atoms with Gasteiger partial charge in [0.1, 0.15) is 12.2 Å². The van der Waals surface area contributed by atoms with Gasteiger partial charge in [0.2, 0.25) is 5.54 Å². The maximum atomic E-state index is 13.4. The molecule has 1 aliphatic rings. The Morgan fingerprint density at radius 3 is 2.30 bits per heavy atom. The quantitative estimate of drug-likeness (QED) is 0.574. The summed E-state index contributed by atoms with van der Waals surface area (Å²) in [5.74, 6) is -1.41. The molecular formula is C22H33N3O5. The predicted molar refractivity (Wildman–Crippen MR) is 113 cm³/mol. The van der Waals surface area contributed by atoms with Gasteiger partial charge in [0.25, 0.3) is 5.91 Å². The van der Waals surface area contributed by atoms with E-state index in [1.165, 1.54) is 4.90 Å². The van der Waals surface area contributed by atoms with Crippen LogP contribution in [0.3, 0.4) is 0 Å². The first-order valence-corrected chi connectivity index (χ1v) is 10.1. The molecule has 0 aromatic heterocycles. The van der Waals surface area contributed by atoms with Gasteiger partial charge >= 0.3 is 12.1 Å². The van der Waals surface area contributed by atoms with Gasteiger partial charge in [-0.2, -0.15) is 0 Å². The third-order valence-electron chi connectivity index (χ3n) is 4.38. The van der Waals surface area contributed by atoms with Crippen molar-refractivity contribution in [3.05, 3.63) is 35.9 Å². The largest absolute Gasteiger partial charge is 0.459 e. The van der Waals surface area contributed by atoms with Crippen molar-refractivity contribution in [2.75, 3.05) is 19.6 Å². The fourth-order valence-corrected chi connectivity index (χ4v) is 3.08. The van der Waals surface area contributed by atoms with Crippen molar-refractivity contribution >= 4 is 18.0 Å². The van der Waals surface area contributed by atoms with Crippen LogP contribution >= 0.6 is 0 Å². The van der Waals surface area contributed by atoms with Crippen molar-refractivity contribution in [1.29, 1.82) is 0 Å². The fourth-order valence-electron chi connectivity index (χ4n) is 3.08. The van der Waals surface area contributed by atoms with Gasteiger partial charge < -0.3 is 20.1 Å². The van der Waals surface area contributed by atoms with Crippen LogP contribution in [0.15, 0.2) is 30.3 Å². The molecule has 0 saturated carbocycles. The molecule has 0 spiro atoms. The average molecular weight is 420 g/mol. The van der Waals surface area contributed by atoms with Crippen LogP contribution in [0.1, 0.15) is 47.1 Å². The molecule has 30 heavy (non-hydrogen) atoms. The van der Waals surface area contributed by atoms with Gasteiger partial charge in [0, 0.05) is 25.2 Å². The smallest absolute Gasteiger partial charge is 0.411 e. The van der Waals surface area contributed by atoms with Crippen molar-refractivity contribution in [2.45, 2.75) is 64.8 Å². The highest BCUT2D eigenvalue weighted by Crippen LogP contribution is 2.25. The molecule has 2 N–H and O–H groups in total. The topological polar surface area (TPSA) is 97.0 Å². The summed E-state index contributed by atoms with van der Waals surface area (Å²) in [5.41, 5.74) is -2.48. The summed E-state index contributed by atoms with van der Waals surface area (Å²) in [4.78, 5) is 40.8. The summed E-state index contributed by atoms with van der Waals surface area (Å²) < 4.78 is 11.0. The lowest BCUT2D eigenvalue weighted by Gasteiger charge is -2.44. The molecule has 1 heterocycles. The molecule has 0 bridgehead atoms. The first kappa shape index (κ1) is 23.7. The highest BCUT2D eigenvalue weighted by Gasteiger charge is 2.57. The third kappa shape index (κ3) is 5.95. The van der Waals surface area contributed by atoms with Crippen LogP contribution in [-0.2, 0) is 25.7 Å². The highest BCUT2D eigenvalue weighted by molar-refractivity contribution is 6.10. The zero-order valence-corrected chi connectivity index (χ0v) is 18.7. The van der Waals surface area contributed by atoms with Gasteiger partial charge in [0.15, 0.2) is 0 Å². The van der Waals surface area contributed by atoms with E-state index in [0.29, 0.717) is 6.54 Å². The Labute approximate surface area is 178 Å². The van der Waals surface area contributed by atoms with E-state index in [9.17, 15) is 14.4 Å². The summed E-state index contributed by atoms with van der Waals surface area (Å²) in [7, 11) is 0. The monoisotopic (exact) mass is 419 g/mol. The molecule has 8 heteroatoms. The molecule has 1 fully saturated rings. The van der Waals surface area contributed by atoms with Crippen molar-refractivity contribution < 1.29 is 23.9 Å². The minimum Gasteiger partial charge on any atom is -0.459 e. The second kappa shape index (κ2) is 9.04. The summed E-state index contributed by atoms with van der Waals surface area (Å²) in [6, 6.07) is 9.17. The summed E-state index contributed by atoms with van der Waals surface area (Å²) >= 11 is 0. The van der Waals surface area contributed by atoms with Crippen LogP contribution in [0.25, 0.3) is 0 Å². The van der Waals surface area contributed by atoms with Crippen LogP contribution in [0.5, 0.6) is 0 Å². The zero-order valence-electron chi connectivity index (χ0n) is 18.7. The van der Waals surface area contributed by atoms with Gasteiger partial charge in [-0.1, -0.05) is 30.3 Å². The van der Waals surface area contributed by atoms with Crippen LogP contribution in [0, 0.1) is 0 Å². The molecular weight excluding hydrogens is 386 g/mol. The minimum atomic E-state index is -1.87. The molecule has 0 unspecified atom stereocenters. The van der Waals surface area contributed by atoms with E-state index in [2.05, 4.69) is 10.6 Å². The Morgan fingerprint density at radius 1 is 1.10 bits per heavy atom. The SMILES string of the molecule is CC(C)(C)NC(=O)[C@]1(C(=O)OCc2ccccc2)CNCCN1C(=O)OC(C)(C)C. The molecule has 8 nitrogen and oxygen atoms in total. The lowest BCUT2D eigenvalue weighted by Crippen LogP contribution is -2.74. The first-order valence-electron chi connectivity index (χ1n) is 10.1. The molecule has 2 amide bonds. The van der Waals surface area contributed by atoms with Crippen molar-refractivity contribution in [2.24, 2.45) is 0 Å². The number of ether oxygens (including phenoxy) is 2. The van der Waals surface area contributed by atoms with E-state index >= 15 is 0 Å². The van der Waals surface area contributed by atoms with Crippen molar-refractivity contribution in [3.8, 4) is 0 Å². The molecule has 1 aliphatic heterocycles. The number of carbonyl (C=O) groups is 3. The second-order valence-electron chi connectivity index (χ2n) is 9.43. The number of nitrogens with zero attached hydrogens (tertiary/aromatic N) is 1. The van der Waals surface area contributed by atoms with E-state index in [4.69, 9.17) is 9.47 Å². The summed E-state index contributed by atoms with van der Waals surface area (Å²) in [6.07, 6.45) is -0.732. The number of hydrogen-bond acceptors (Lipinski definition) is 6. The molecule has 0 radical (unpaired) electrons. The van der Waals surface area contributed by atoms with E-state index < -0.39 is 34.6 Å². The Kier molecular flexibility index (Phi) is 7.13. The Hall–Kier alpha value is -2.61. The van der Waals surface area contributed by atoms with Crippen LogP contribution in [-0.4, -0.2) is 59.2 Å².